The van der Waals surface area contributed by atoms with Crippen molar-refractivity contribution in [2.75, 3.05) is 32.8 Å². The molecule has 0 aliphatic carbocycles. The number of rotatable bonds is 3. The van der Waals surface area contributed by atoms with E-state index in [2.05, 4.69) is 68.1 Å². The van der Waals surface area contributed by atoms with E-state index in [1.165, 1.54) is 0 Å². The summed E-state index contributed by atoms with van der Waals surface area (Å²) in [6, 6.07) is 1.08. The lowest BCUT2D eigenvalue weighted by molar-refractivity contribution is -0.164. The van der Waals surface area contributed by atoms with E-state index in [0.29, 0.717) is 24.3 Å². The van der Waals surface area contributed by atoms with Gasteiger partial charge in [-0.3, -0.25) is 4.79 Å². The lowest BCUT2D eigenvalue weighted by Gasteiger charge is -2.56. The van der Waals surface area contributed by atoms with Gasteiger partial charge in [0.2, 0.25) is 0 Å². The summed E-state index contributed by atoms with van der Waals surface area (Å²) in [5.74, 6) is 1.26. The molecule has 0 amide bonds. The van der Waals surface area contributed by atoms with Crippen LogP contribution in [-0.4, -0.2) is 80.4 Å². The van der Waals surface area contributed by atoms with E-state index in [0.717, 1.165) is 39.0 Å². The molecule has 0 aromatic carbocycles. The highest BCUT2D eigenvalue weighted by atomic mass is 16.5. The first-order valence-corrected chi connectivity index (χ1v) is 13.6. The second kappa shape index (κ2) is 7.23. The lowest BCUT2D eigenvalue weighted by atomic mass is 9.49. The third-order valence-electron chi connectivity index (χ3n) is 11.2. The molecule has 3 bridgehead atoms. The first kappa shape index (κ1) is 22.9. The number of ketones is 1. The maximum atomic E-state index is 15.6. The molecule has 6 heterocycles. The maximum Gasteiger partial charge on any atom is 0.154 e. The predicted octanol–water partition coefficient (Wildman–Crippen LogP) is 0.643. The predicted molar refractivity (Wildman–Crippen MR) is 129 cm³/mol. The normalized spacial score (nSPS) is 55.3. The van der Waals surface area contributed by atoms with E-state index in [1.54, 1.807) is 0 Å². The Morgan fingerprint density at radius 2 is 1.64 bits per heavy atom. The Kier molecular flexibility index (Phi) is 5.01. The van der Waals surface area contributed by atoms with E-state index in [1.807, 2.05) is 0 Å². The number of carbonyl (C=O) groups excluding carboxylic acids is 1. The van der Waals surface area contributed by atoms with Crippen LogP contribution >= 0.6 is 0 Å². The van der Waals surface area contributed by atoms with Crippen LogP contribution in [0.25, 0.3) is 0 Å². The molecular weight excluding hydrogens is 414 g/mol. The Bertz CT molecular complexity index is 835. The molecule has 10 unspecified atom stereocenters. The maximum absolute atomic E-state index is 15.6. The molecule has 2 spiro atoms. The van der Waals surface area contributed by atoms with E-state index in [9.17, 15) is 0 Å². The number of hydrogen-bond donors (Lipinski definition) is 5. The summed E-state index contributed by atoms with van der Waals surface area (Å²) in [6.45, 7) is 17.8. The smallest absolute Gasteiger partial charge is 0.154 e. The van der Waals surface area contributed by atoms with Crippen LogP contribution in [0.2, 0.25) is 0 Å². The molecule has 0 aromatic heterocycles. The number of ether oxygens (including phenoxy) is 1. The van der Waals surface area contributed by atoms with Crippen LogP contribution in [0.3, 0.4) is 0 Å². The molecule has 5 N–H and O–H groups in total. The van der Waals surface area contributed by atoms with Gasteiger partial charge in [-0.05, 0) is 18.8 Å². The molecule has 7 heteroatoms. The molecule has 6 saturated heterocycles. The molecule has 6 rings (SSSR count). The second-order valence-electron chi connectivity index (χ2n) is 13.0. The van der Waals surface area contributed by atoms with E-state index < -0.39 is 16.4 Å². The van der Waals surface area contributed by atoms with Crippen LogP contribution in [0.15, 0.2) is 0 Å². The Morgan fingerprint density at radius 1 is 0.970 bits per heavy atom. The average Bonchev–Trinajstić information content (AvgIpc) is 3.41. The summed E-state index contributed by atoms with van der Waals surface area (Å²) in [4.78, 5) is 15.6. The van der Waals surface area contributed by atoms with Crippen molar-refractivity contribution < 1.29 is 9.53 Å². The SMILES string of the molecule is CCC1C2NCC3NC([C@H](C)CC)C4NCC5NCC6NCC(C)(OCC2(C)C)C56C(=O)C314. The van der Waals surface area contributed by atoms with Gasteiger partial charge in [0.15, 0.2) is 5.78 Å². The molecule has 7 nitrogen and oxygen atoms in total. The van der Waals surface area contributed by atoms with Gasteiger partial charge in [0.25, 0.3) is 0 Å². The fraction of sp³-hybridized carbons (Fsp3) is 0.962. The molecule has 11 atom stereocenters. The van der Waals surface area contributed by atoms with Gasteiger partial charge < -0.3 is 31.3 Å². The van der Waals surface area contributed by atoms with Crippen molar-refractivity contribution >= 4 is 5.78 Å². The summed E-state index contributed by atoms with van der Waals surface area (Å²) in [6.07, 6.45) is 2.11. The molecule has 0 radical (unpaired) electrons. The number of carbonyl (C=O) groups is 1. The monoisotopic (exact) mass is 459 g/mol. The van der Waals surface area contributed by atoms with Gasteiger partial charge >= 0.3 is 0 Å². The number of Topliss-reactive ketones (excluding diaryl/α,β-unsaturated/α-hetero) is 1. The van der Waals surface area contributed by atoms with Crippen molar-refractivity contribution in [1.82, 2.24) is 26.6 Å². The van der Waals surface area contributed by atoms with Gasteiger partial charge in [-0.2, -0.15) is 0 Å². The first-order chi connectivity index (χ1) is 15.7. The Hall–Kier alpha value is -0.570. The van der Waals surface area contributed by atoms with Crippen molar-refractivity contribution in [2.45, 2.75) is 96.2 Å². The van der Waals surface area contributed by atoms with Gasteiger partial charge in [-0.25, -0.2) is 0 Å². The number of nitrogens with one attached hydrogen (secondary N) is 5. The standard InChI is InChI=1S/C26H45N5O2/c1-7-14(3)19-21-25-15(8-2)20(28-9-16(25)31-19)23(4,5)13-33-24(6)12-30-18-10-27-17(11-29-21)26(18,24)22(25)32/h14-21,27-31H,7-13H2,1-6H3/t14-,15?,16?,17?,18?,19?,20?,21?,24?,25?,26?/m1/s1. The Morgan fingerprint density at radius 3 is 2.36 bits per heavy atom. The largest absolute Gasteiger partial charge is 0.372 e. The average molecular weight is 460 g/mol. The van der Waals surface area contributed by atoms with Crippen LogP contribution in [0.1, 0.15) is 54.4 Å². The molecule has 0 saturated carbocycles. The molecule has 6 aliphatic rings. The second-order valence-corrected chi connectivity index (χ2v) is 13.0. The topological polar surface area (TPSA) is 86.4 Å². The van der Waals surface area contributed by atoms with Crippen LogP contribution in [0, 0.1) is 28.1 Å². The summed E-state index contributed by atoms with van der Waals surface area (Å²) >= 11 is 0. The Labute approximate surface area is 199 Å². The van der Waals surface area contributed by atoms with Gasteiger partial charge in [0.1, 0.15) is 0 Å². The third-order valence-corrected chi connectivity index (χ3v) is 11.2. The number of fused-ring (bicyclic) bond motifs is 1. The lowest BCUT2D eigenvalue weighted by Crippen LogP contribution is -2.72. The van der Waals surface area contributed by atoms with E-state index in [-0.39, 0.29) is 41.5 Å². The molecule has 33 heavy (non-hydrogen) atoms. The number of piperidine rings is 1. The van der Waals surface area contributed by atoms with Crippen LogP contribution in [0.5, 0.6) is 0 Å². The minimum atomic E-state index is -0.547. The van der Waals surface area contributed by atoms with E-state index in [4.69, 9.17) is 4.74 Å². The van der Waals surface area contributed by atoms with Crippen LogP contribution in [0.4, 0.5) is 0 Å². The summed E-state index contributed by atoms with van der Waals surface area (Å²) in [7, 11) is 0. The zero-order valence-corrected chi connectivity index (χ0v) is 21.4. The number of hydrogen-bond acceptors (Lipinski definition) is 7. The molecular formula is C26H45N5O2. The van der Waals surface area contributed by atoms with Gasteiger partial charge in [0, 0.05) is 67.8 Å². The van der Waals surface area contributed by atoms with Crippen LogP contribution in [-0.2, 0) is 9.53 Å². The van der Waals surface area contributed by atoms with Crippen molar-refractivity contribution in [2.24, 2.45) is 28.1 Å². The van der Waals surface area contributed by atoms with Crippen molar-refractivity contribution in [1.29, 1.82) is 0 Å². The van der Waals surface area contributed by atoms with Gasteiger partial charge in [-0.15, -0.1) is 0 Å². The minimum absolute atomic E-state index is 0.0642. The zero-order valence-electron chi connectivity index (χ0n) is 21.4. The quantitative estimate of drug-likeness (QED) is 0.424. The molecule has 6 aliphatic heterocycles. The molecule has 6 fully saturated rings. The highest BCUT2D eigenvalue weighted by Gasteiger charge is 2.79. The summed E-state index contributed by atoms with van der Waals surface area (Å²) < 4.78 is 6.95. The third kappa shape index (κ3) is 2.50. The van der Waals surface area contributed by atoms with E-state index >= 15 is 4.79 Å². The highest BCUT2D eigenvalue weighted by Crippen LogP contribution is 2.62. The fourth-order valence-corrected chi connectivity index (χ4v) is 9.52. The van der Waals surface area contributed by atoms with Gasteiger partial charge in [0.05, 0.1) is 23.0 Å². The van der Waals surface area contributed by atoms with Crippen molar-refractivity contribution in [3.63, 3.8) is 0 Å². The molecule has 186 valence electrons. The summed E-state index contributed by atoms with van der Waals surface area (Å²) in [5.41, 5.74) is -1.56. The van der Waals surface area contributed by atoms with Gasteiger partial charge in [-0.1, -0.05) is 47.5 Å². The van der Waals surface area contributed by atoms with Crippen molar-refractivity contribution in [3.8, 4) is 0 Å². The fourth-order valence-electron chi connectivity index (χ4n) is 9.52. The highest BCUT2D eigenvalue weighted by molar-refractivity contribution is 5.97. The Balaban J connectivity index is 1.64. The van der Waals surface area contributed by atoms with Crippen LogP contribution < -0.4 is 26.6 Å². The first-order valence-electron chi connectivity index (χ1n) is 13.6. The zero-order chi connectivity index (χ0) is 23.4. The molecule has 0 aromatic rings. The minimum Gasteiger partial charge on any atom is -0.372 e. The summed E-state index contributed by atoms with van der Waals surface area (Å²) in [5, 5.41) is 19.6. The van der Waals surface area contributed by atoms with Crippen molar-refractivity contribution in [3.05, 3.63) is 0 Å².